The molecule has 1 aromatic rings. The smallest absolute Gasteiger partial charge is 0.261 e. The van der Waals surface area contributed by atoms with E-state index >= 15 is 0 Å². The summed E-state index contributed by atoms with van der Waals surface area (Å²) >= 11 is 5.86. The first-order chi connectivity index (χ1) is 10.0. The lowest BCUT2D eigenvalue weighted by Gasteiger charge is -2.37. The standard InChI is InChI=1S/C15H17ClFNO3/c16-13-5-9(17)1-4-14(13)21-8-15(20)18-10-2-3-11(18)7-12(19)6-10/h1,4-5,10-12,19H,2-3,6-8H2. The molecule has 2 aliphatic rings. The molecule has 1 N–H and O–H groups in total. The third-order valence-electron chi connectivity index (χ3n) is 4.24. The number of rotatable bonds is 3. The van der Waals surface area contributed by atoms with Gasteiger partial charge in [-0.05, 0) is 43.9 Å². The minimum absolute atomic E-state index is 0.102. The van der Waals surface area contributed by atoms with Crippen LogP contribution in [-0.2, 0) is 4.79 Å². The Morgan fingerprint density at radius 3 is 2.67 bits per heavy atom. The molecular formula is C15H17ClFNO3. The van der Waals surface area contributed by atoms with Gasteiger partial charge in [0.1, 0.15) is 11.6 Å². The molecule has 2 saturated heterocycles. The van der Waals surface area contributed by atoms with Gasteiger partial charge in [0.2, 0.25) is 0 Å². The number of benzene rings is 1. The van der Waals surface area contributed by atoms with E-state index in [0.29, 0.717) is 18.6 Å². The van der Waals surface area contributed by atoms with Crippen LogP contribution in [0.15, 0.2) is 18.2 Å². The van der Waals surface area contributed by atoms with Crippen LogP contribution in [0.2, 0.25) is 5.02 Å². The third-order valence-corrected chi connectivity index (χ3v) is 4.54. The number of carbonyl (C=O) groups is 1. The molecule has 0 aliphatic carbocycles. The zero-order valence-electron chi connectivity index (χ0n) is 11.5. The van der Waals surface area contributed by atoms with E-state index in [-0.39, 0.29) is 35.7 Å². The largest absolute Gasteiger partial charge is 0.482 e. The average Bonchev–Trinajstić information content (AvgIpc) is 2.70. The van der Waals surface area contributed by atoms with Gasteiger partial charge in [0.15, 0.2) is 6.61 Å². The van der Waals surface area contributed by atoms with Crippen molar-refractivity contribution in [2.45, 2.75) is 43.9 Å². The monoisotopic (exact) mass is 313 g/mol. The Morgan fingerprint density at radius 2 is 2.05 bits per heavy atom. The number of carbonyl (C=O) groups excluding carboxylic acids is 1. The van der Waals surface area contributed by atoms with Crippen LogP contribution in [-0.4, -0.2) is 40.7 Å². The Morgan fingerprint density at radius 1 is 1.38 bits per heavy atom. The van der Waals surface area contributed by atoms with E-state index in [1.807, 2.05) is 4.90 Å². The van der Waals surface area contributed by atoms with Gasteiger partial charge in [-0.1, -0.05) is 11.6 Å². The lowest BCUT2D eigenvalue weighted by Crippen LogP contribution is -2.49. The fourth-order valence-corrected chi connectivity index (χ4v) is 3.58. The lowest BCUT2D eigenvalue weighted by atomic mass is 10.00. The highest BCUT2D eigenvalue weighted by molar-refractivity contribution is 6.32. The number of amides is 1. The summed E-state index contributed by atoms with van der Waals surface area (Å²) in [5.41, 5.74) is 0. The summed E-state index contributed by atoms with van der Waals surface area (Å²) < 4.78 is 18.4. The van der Waals surface area contributed by atoms with Gasteiger partial charge in [-0.3, -0.25) is 4.79 Å². The Balaban J connectivity index is 1.62. The van der Waals surface area contributed by atoms with Crippen LogP contribution >= 0.6 is 11.6 Å². The Kier molecular flexibility index (Phi) is 4.04. The lowest BCUT2D eigenvalue weighted by molar-refractivity contribution is -0.139. The molecule has 4 nitrogen and oxygen atoms in total. The van der Waals surface area contributed by atoms with E-state index in [1.165, 1.54) is 12.1 Å². The molecule has 2 heterocycles. The number of hydrogen-bond donors (Lipinski definition) is 1. The highest BCUT2D eigenvalue weighted by Gasteiger charge is 2.42. The second-order valence-corrected chi connectivity index (χ2v) is 6.08. The normalized spacial score (nSPS) is 27.8. The van der Waals surface area contributed by atoms with Crippen molar-refractivity contribution in [2.75, 3.05) is 6.61 Å². The van der Waals surface area contributed by atoms with E-state index in [9.17, 15) is 14.3 Å². The fourth-order valence-electron chi connectivity index (χ4n) is 3.36. The van der Waals surface area contributed by atoms with Crippen molar-refractivity contribution in [1.29, 1.82) is 0 Å². The number of ether oxygens (including phenoxy) is 1. The second-order valence-electron chi connectivity index (χ2n) is 5.67. The Labute approximate surface area is 127 Å². The van der Waals surface area contributed by atoms with Crippen LogP contribution in [0.4, 0.5) is 4.39 Å². The van der Waals surface area contributed by atoms with Gasteiger partial charge in [-0.2, -0.15) is 0 Å². The number of aliphatic hydroxyl groups is 1. The van der Waals surface area contributed by atoms with Crippen LogP contribution in [0, 0.1) is 5.82 Å². The molecule has 2 bridgehead atoms. The predicted molar refractivity (Wildman–Crippen MR) is 75.8 cm³/mol. The molecule has 2 fully saturated rings. The summed E-state index contributed by atoms with van der Waals surface area (Å²) in [5, 5.41) is 9.89. The van der Waals surface area contributed by atoms with Gasteiger partial charge in [0, 0.05) is 12.1 Å². The molecule has 21 heavy (non-hydrogen) atoms. The third kappa shape index (κ3) is 2.99. The van der Waals surface area contributed by atoms with Gasteiger partial charge < -0.3 is 14.7 Å². The Bertz CT molecular complexity index is 540. The quantitative estimate of drug-likeness (QED) is 0.932. The minimum Gasteiger partial charge on any atom is -0.482 e. The fraction of sp³-hybridized carbons (Fsp3) is 0.533. The second kappa shape index (κ2) is 5.81. The van der Waals surface area contributed by atoms with Crippen molar-refractivity contribution in [3.05, 3.63) is 29.0 Å². The van der Waals surface area contributed by atoms with Crippen molar-refractivity contribution < 1.29 is 19.0 Å². The van der Waals surface area contributed by atoms with Gasteiger partial charge in [0.25, 0.3) is 5.91 Å². The van der Waals surface area contributed by atoms with E-state index in [0.717, 1.165) is 18.9 Å². The van der Waals surface area contributed by atoms with Crippen LogP contribution < -0.4 is 4.74 Å². The number of nitrogens with zero attached hydrogens (tertiary/aromatic N) is 1. The maximum Gasteiger partial charge on any atom is 0.261 e. The molecule has 114 valence electrons. The summed E-state index contributed by atoms with van der Waals surface area (Å²) in [4.78, 5) is 14.2. The number of halogens is 2. The summed E-state index contributed by atoms with van der Waals surface area (Å²) in [7, 11) is 0. The first-order valence-electron chi connectivity index (χ1n) is 7.11. The summed E-state index contributed by atoms with van der Waals surface area (Å²) in [6, 6.07) is 4.03. The summed E-state index contributed by atoms with van der Waals surface area (Å²) in [6.45, 7) is -0.117. The average molecular weight is 314 g/mol. The number of fused-ring (bicyclic) bond motifs is 2. The molecule has 0 radical (unpaired) electrons. The maximum absolute atomic E-state index is 12.9. The Hall–Kier alpha value is -1.33. The number of piperidine rings is 1. The van der Waals surface area contributed by atoms with Crippen LogP contribution in [0.25, 0.3) is 0 Å². The first-order valence-corrected chi connectivity index (χ1v) is 7.49. The molecule has 2 unspecified atom stereocenters. The van der Waals surface area contributed by atoms with E-state index in [4.69, 9.17) is 16.3 Å². The van der Waals surface area contributed by atoms with Crippen molar-refractivity contribution in [3.63, 3.8) is 0 Å². The minimum atomic E-state index is -0.443. The highest BCUT2D eigenvalue weighted by Crippen LogP contribution is 2.36. The molecule has 0 spiro atoms. The summed E-state index contributed by atoms with van der Waals surface area (Å²) in [6.07, 6.45) is 2.84. The van der Waals surface area contributed by atoms with E-state index in [2.05, 4.69) is 0 Å². The topological polar surface area (TPSA) is 49.8 Å². The van der Waals surface area contributed by atoms with E-state index < -0.39 is 5.82 Å². The molecule has 0 aromatic heterocycles. The SMILES string of the molecule is O=C(COc1ccc(F)cc1Cl)N1C2CCC1CC(O)C2. The first kappa shape index (κ1) is 14.6. The molecule has 6 heteroatoms. The number of hydrogen-bond acceptors (Lipinski definition) is 3. The van der Waals surface area contributed by atoms with Gasteiger partial charge in [-0.25, -0.2) is 4.39 Å². The molecule has 2 atom stereocenters. The van der Waals surface area contributed by atoms with Gasteiger partial charge in [-0.15, -0.1) is 0 Å². The van der Waals surface area contributed by atoms with Crippen LogP contribution in [0.1, 0.15) is 25.7 Å². The van der Waals surface area contributed by atoms with E-state index in [1.54, 1.807) is 0 Å². The van der Waals surface area contributed by atoms with Crippen molar-refractivity contribution in [3.8, 4) is 5.75 Å². The molecule has 3 rings (SSSR count). The van der Waals surface area contributed by atoms with Crippen molar-refractivity contribution in [1.82, 2.24) is 4.90 Å². The summed E-state index contributed by atoms with van der Waals surface area (Å²) in [5.74, 6) is -0.243. The molecule has 1 aromatic carbocycles. The predicted octanol–water partition coefficient (Wildman–Crippen LogP) is 2.37. The highest BCUT2D eigenvalue weighted by atomic mass is 35.5. The zero-order chi connectivity index (χ0) is 15.0. The molecule has 1 amide bonds. The molecule has 2 aliphatic heterocycles. The zero-order valence-corrected chi connectivity index (χ0v) is 12.2. The van der Waals surface area contributed by atoms with Crippen molar-refractivity contribution in [2.24, 2.45) is 0 Å². The van der Waals surface area contributed by atoms with Crippen LogP contribution in [0.3, 0.4) is 0 Å². The molecular weight excluding hydrogens is 297 g/mol. The molecule has 0 saturated carbocycles. The van der Waals surface area contributed by atoms with Crippen LogP contribution in [0.5, 0.6) is 5.75 Å². The maximum atomic E-state index is 12.9. The van der Waals surface area contributed by atoms with Gasteiger partial charge >= 0.3 is 0 Å². The van der Waals surface area contributed by atoms with Crippen molar-refractivity contribution >= 4 is 17.5 Å². The number of aliphatic hydroxyl groups excluding tert-OH is 1. The van der Waals surface area contributed by atoms with Gasteiger partial charge in [0.05, 0.1) is 11.1 Å².